The highest BCUT2D eigenvalue weighted by atomic mass is 79.9. The van der Waals surface area contributed by atoms with Gasteiger partial charge in [-0.3, -0.25) is 4.79 Å². The van der Waals surface area contributed by atoms with E-state index in [0.717, 1.165) is 29.4 Å². The lowest BCUT2D eigenvalue weighted by molar-refractivity contribution is -0.131. The average molecular weight is 354 g/mol. The van der Waals surface area contributed by atoms with E-state index in [4.69, 9.17) is 4.74 Å². The van der Waals surface area contributed by atoms with Gasteiger partial charge in [0.2, 0.25) is 5.91 Å². The van der Waals surface area contributed by atoms with Gasteiger partial charge in [0, 0.05) is 24.0 Å². The van der Waals surface area contributed by atoms with Crippen molar-refractivity contribution in [3.63, 3.8) is 0 Å². The van der Waals surface area contributed by atoms with Gasteiger partial charge in [-0.2, -0.15) is 0 Å². The van der Waals surface area contributed by atoms with Crippen LogP contribution < -0.4 is 0 Å². The van der Waals surface area contributed by atoms with Crippen LogP contribution in [-0.2, 0) is 16.1 Å². The first-order valence-electron chi connectivity index (χ1n) is 7.15. The highest BCUT2D eigenvalue weighted by molar-refractivity contribution is 9.10. The molecule has 1 aromatic rings. The normalized spacial score (nSPS) is 19.3. The molecule has 21 heavy (non-hydrogen) atoms. The number of benzene rings is 1. The zero-order chi connectivity index (χ0) is 15.4. The maximum atomic E-state index is 12.1. The summed E-state index contributed by atoms with van der Waals surface area (Å²) in [5, 5.41) is 0. The molecular weight excluding hydrogens is 334 g/mol. The molecule has 0 saturated carbocycles. The van der Waals surface area contributed by atoms with E-state index >= 15 is 0 Å². The van der Waals surface area contributed by atoms with Crippen LogP contribution in [0.2, 0.25) is 0 Å². The average Bonchev–Trinajstić information content (AvgIpc) is 2.63. The number of nitrogens with zero attached hydrogens (tertiary/aromatic N) is 1. The van der Waals surface area contributed by atoms with Crippen LogP contribution in [0.15, 0.2) is 22.7 Å². The molecule has 1 saturated heterocycles. The van der Waals surface area contributed by atoms with Crippen molar-refractivity contribution < 1.29 is 14.3 Å². The minimum atomic E-state index is -0.359. The molecule has 1 heterocycles. The quantitative estimate of drug-likeness (QED) is 0.782. The van der Waals surface area contributed by atoms with Crippen molar-refractivity contribution in [3.05, 3.63) is 33.8 Å². The molecule has 1 amide bonds. The molecule has 0 radical (unpaired) electrons. The van der Waals surface area contributed by atoms with Gasteiger partial charge >= 0.3 is 5.97 Å². The lowest BCUT2D eigenvalue weighted by Gasteiger charge is -2.21. The molecule has 1 fully saturated rings. The molecule has 114 valence electrons. The van der Waals surface area contributed by atoms with Crippen molar-refractivity contribution in [1.82, 2.24) is 4.90 Å². The molecule has 2 rings (SSSR count). The van der Waals surface area contributed by atoms with Gasteiger partial charge in [-0.1, -0.05) is 28.9 Å². The Morgan fingerprint density at radius 2 is 2.19 bits per heavy atom. The lowest BCUT2D eigenvalue weighted by Crippen LogP contribution is -2.29. The van der Waals surface area contributed by atoms with E-state index in [2.05, 4.69) is 22.9 Å². The third-order valence-corrected chi connectivity index (χ3v) is 4.67. The maximum Gasteiger partial charge on any atom is 0.337 e. The molecule has 0 N–H and O–H groups in total. The van der Waals surface area contributed by atoms with E-state index in [1.165, 1.54) is 7.11 Å². The van der Waals surface area contributed by atoms with E-state index in [1.807, 2.05) is 11.0 Å². The monoisotopic (exact) mass is 353 g/mol. The Morgan fingerprint density at radius 3 is 2.86 bits per heavy atom. The van der Waals surface area contributed by atoms with Crippen molar-refractivity contribution in [3.8, 4) is 0 Å². The van der Waals surface area contributed by atoms with Crippen molar-refractivity contribution in [1.29, 1.82) is 0 Å². The molecule has 0 aliphatic carbocycles. The number of rotatable bonds is 3. The molecule has 5 heteroatoms. The van der Waals surface area contributed by atoms with Crippen molar-refractivity contribution in [2.75, 3.05) is 13.7 Å². The van der Waals surface area contributed by atoms with Gasteiger partial charge in [0.05, 0.1) is 12.7 Å². The Bertz CT molecular complexity index is 544. The first kappa shape index (κ1) is 16.0. The Hall–Kier alpha value is -1.36. The molecule has 1 aromatic carbocycles. The third kappa shape index (κ3) is 4.06. The zero-order valence-corrected chi connectivity index (χ0v) is 14.0. The van der Waals surface area contributed by atoms with Gasteiger partial charge in [0.1, 0.15) is 0 Å². The summed E-state index contributed by atoms with van der Waals surface area (Å²) in [4.78, 5) is 25.5. The molecule has 4 nitrogen and oxygen atoms in total. The van der Waals surface area contributed by atoms with E-state index in [1.54, 1.807) is 12.1 Å². The highest BCUT2D eigenvalue weighted by Gasteiger charge is 2.21. The minimum Gasteiger partial charge on any atom is -0.465 e. The molecule has 1 unspecified atom stereocenters. The van der Waals surface area contributed by atoms with Crippen LogP contribution in [0.5, 0.6) is 0 Å². The van der Waals surface area contributed by atoms with Crippen LogP contribution in [0.25, 0.3) is 0 Å². The van der Waals surface area contributed by atoms with Crippen LogP contribution >= 0.6 is 15.9 Å². The Kier molecular flexibility index (Phi) is 5.39. The summed E-state index contributed by atoms with van der Waals surface area (Å²) < 4.78 is 5.53. The van der Waals surface area contributed by atoms with Crippen molar-refractivity contribution in [2.45, 2.75) is 32.7 Å². The number of amides is 1. The number of hydrogen-bond acceptors (Lipinski definition) is 3. The molecule has 0 bridgehead atoms. The summed E-state index contributed by atoms with van der Waals surface area (Å²) in [6.45, 7) is 3.57. The molecule has 1 atom stereocenters. The van der Waals surface area contributed by atoms with Gasteiger partial charge in [0.25, 0.3) is 0 Å². The van der Waals surface area contributed by atoms with E-state index in [0.29, 0.717) is 24.4 Å². The van der Waals surface area contributed by atoms with Crippen LogP contribution in [0.1, 0.15) is 42.1 Å². The number of carbonyl (C=O) groups is 2. The van der Waals surface area contributed by atoms with Crippen molar-refractivity contribution in [2.24, 2.45) is 5.92 Å². The smallest absolute Gasteiger partial charge is 0.337 e. The molecule has 1 aliphatic rings. The van der Waals surface area contributed by atoms with Crippen LogP contribution in [0.4, 0.5) is 0 Å². The lowest BCUT2D eigenvalue weighted by atomic mass is 10.0. The number of esters is 1. The second-order valence-corrected chi connectivity index (χ2v) is 6.40. The Labute approximate surface area is 133 Å². The summed E-state index contributed by atoms with van der Waals surface area (Å²) in [5.74, 6) is 0.453. The molecule has 1 aliphatic heterocycles. The highest BCUT2D eigenvalue weighted by Crippen LogP contribution is 2.24. The van der Waals surface area contributed by atoms with Crippen LogP contribution in [-0.4, -0.2) is 30.4 Å². The van der Waals surface area contributed by atoms with Crippen LogP contribution in [0.3, 0.4) is 0 Å². The number of carbonyl (C=O) groups excluding carboxylic acids is 2. The summed E-state index contributed by atoms with van der Waals surface area (Å²) in [6.07, 6.45) is 2.64. The van der Waals surface area contributed by atoms with Gasteiger partial charge in [-0.25, -0.2) is 4.79 Å². The van der Waals surface area contributed by atoms with E-state index in [9.17, 15) is 9.59 Å². The predicted molar refractivity (Wildman–Crippen MR) is 83.9 cm³/mol. The standard InChI is InChI=1S/C16H20BrNO3/c1-11-3-6-15(19)18(8-7-11)10-13-5-4-12(9-14(13)17)16(20)21-2/h4-5,9,11H,3,6-8,10H2,1-2H3. The topological polar surface area (TPSA) is 46.6 Å². The second-order valence-electron chi connectivity index (χ2n) is 5.55. The summed E-state index contributed by atoms with van der Waals surface area (Å²) in [6, 6.07) is 5.35. The molecule has 0 spiro atoms. The van der Waals surface area contributed by atoms with Crippen molar-refractivity contribution >= 4 is 27.8 Å². The number of ether oxygens (including phenoxy) is 1. The first-order valence-corrected chi connectivity index (χ1v) is 7.95. The molecular formula is C16H20BrNO3. The first-order chi connectivity index (χ1) is 10.0. The zero-order valence-electron chi connectivity index (χ0n) is 12.4. The second kappa shape index (κ2) is 7.07. The van der Waals surface area contributed by atoms with Gasteiger partial charge in [-0.15, -0.1) is 0 Å². The summed E-state index contributed by atoms with van der Waals surface area (Å²) in [7, 11) is 1.36. The number of halogens is 1. The number of hydrogen-bond donors (Lipinski definition) is 0. The fourth-order valence-corrected chi connectivity index (χ4v) is 2.97. The summed E-state index contributed by atoms with van der Waals surface area (Å²) >= 11 is 3.48. The fraction of sp³-hybridized carbons (Fsp3) is 0.500. The largest absolute Gasteiger partial charge is 0.465 e. The van der Waals surface area contributed by atoms with Crippen LogP contribution in [0, 0.1) is 5.92 Å². The molecule has 0 aromatic heterocycles. The van der Waals surface area contributed by atoms with E-state index in [-0.39, 0.29) is 11.9 Å². The third-order valence-electron chi connectivity index (χ3n) is 3.93. The number of methoxy groups -OCH3 is 1. The predicted octanol–water partition coefficient (Wildman–Crippen LogP) is 3.38. The number of likely N-dealkylation sites (tertiary alicyclic amines) is 1. The summed E-state index contributed by atoms with van der Waals surface area (Å²) in [5.41, 5.74) is 1.51. The SMILES string of the molecule is COC(=O)c1ccc(CN2CCC(C)CCC2=O)c(Br)c1. The maximum absolute atomic E-state index is 12.1. The minimum absolute atomic E-state index is 0.211. The van der Waals surface area contributed by atoms with Gasteiger partial charge in [-0.05, 0) is 36.5 Å². The van der Waals surface area contributed by atoms with E-state index < -0.39 is 0 Å². The van der Waals surface area contributed by atoms with Gasteiger partial charge < -0.3 is 9.64 Å². The fourth-order valence-electron chi connectivity index (χ4n) is 2.47. The van der Waals surface area contributed by atoms with Gasteiger partial charge in [0.15, 0.2) is 0 Å². The Balaban J connectivity index is 2.12. The Morgan fingerprint density at radius 1 is 1.43 bits per heavy atom.